The fourth-order valence-corrected chi connectivity index (χ4v) is 3.08. The van der Waals surface area contributed by atoms with E-state index in [-0.39, 0.29) is 11.5 Å². The van der Waals surface area contributed by atoms with Crippen LogP contribution in [0.5, 0.6) is 17.2 Å². The third kappa shape index (κ3) is 5.93. The maximum atomic E-state index is 12.6. The second-order valence-electron chi connectivity index (χ2n) is 7.00. The average molecular weight is 457 g/mol. The van der Waals surface area contributed by atoms with Crippen molar-refractivity contribution < 1.29 is 23.8 Å². The van der Waals surface area contributed by atoms with Gasteiger partial charge in [-0.3, -0.25) is 9.59 Å². The first-order chi connectivity index (χ1) is 16.5. The monoisotopic (exact) mass is 457 g/mol. The SMILES string of the molecule is COc1ccc(C(=O)Nc2cccc(/C=C(\C#N)C(=O)Nc3ccc(OC)c(OC)c3)c2)cc1. The molecule has 0 saturated carbocycles. The first kappa shape index (κ1) is 23.9. The van der Waals surface area contributed by atoms with E-state index < -0.39 is 5.91 Å². The van der Waals surface area contributed by atoms with Gasteiger partial charge in [0.15, 0.2) is 11.5 Å². The number of methoxy groups -OCH3 is 3. The molecule has 0 saturated heterocycles. The quantitative estimate of drug-likeness (QED) is 0.380. The third-order valence-corrected chi connectivity index (χ3v) is 4.81. The molecular weight excluding hydrogens is 434 g/mol. The Bertz CT molecular complexity index is 1260. The van der Waals surface area contributed by atoms with E-state index in [1.54, 1.807) is 73.8 Å². The lowest BCUT2D eigenvalue weighted by Gasteiger charge is -2.10. The smallest absolute Gasteiger partial charge is 0.266 e. The fraction of sp³-hybridized carbons (Fsp3) is 0.115. The second-order valence-corrected chi connectivity index (χ2v) is 7.00. The summed E-state index contributed by atoms with van der Waals surface area (Å²) in [5.41, 5.74) is 1.91. The summed E-state index contributed by atoms with van der Waals surface area (Å²) in [4.78, 5) is 25.2. The van der Waals surface area contributed by atoms with Crippen LogP contribution in [0.15, 0.2) is 72.3 Å². The molecule has 0 aliphatic carbocycles. The van der Waals surface area contributed by atoms with Crippen LogP contribution in [-0.2, 0) is 4.79 Å². The van der Waals surface area contributed by atoms with Crippen LogP contribution in [0.1, 0.15) is 15.9 Å². The van der Waals surface area contributed by atoms with Gasteiger partial charge in [0.1, 0.15) is 17.4 Å². The molecule has 0 fully saturated rings. The molecule has 0 spiro atoms. The molecule has 34 heavy (non-hydrogen) atoms. The number of hydrogen-bond acceptors (Lipinski definition) is 6. The van der Waals surface area contributed by atoms with Crippen molar-refractivity contribution in [1.82, 2.24) is 0 Å². The molecule has 0 aromatic heterocycles. The highest BCUT2D eigenvalue weighted by molar-refractivity contribution is 6.10. The Morgan fingerprint density at radius 1 is 0.824 bits per heavy atom. The van der Waals surface area contributed by atoms with Gasteiger partial charge in [-0.25, -0.2) is 0 Å². The van der Waals surface area contributed by atoms with Crippen molar-refractivity contribution in [3.8, 4) is 23.3 Å². The summed E-state index contributed by atoms with van der Waals surface area (Å²) in [6, 6.07) is 20.3. The van der Waals surface area contributed by atoms with Crippen LogP contribution in [0.25, 0.3) is 6.08 Å². The van der Waals surface area contributed by atoms with Crippen LogP contribution in [0.3, 0.4) is 0 Å². The summed E-state index contributed by atoms with van der Waals surface area (Å²) < 4.78 is 15.5. The number of anilines is 2. The van der Waals surface area contributed by atoms with Gasteiger partial charge in [0.25, 0.3) is 11.8 Å². The Hall–Kier alpha value is -4.77. The summed E-state index contributed by atoms with van der Waals surface area (Å²) in [6.45, 7) is 0. The summed E-state index contributed by atoms with van der Waals surface area (Å²) in [5, 5.41) is 15.0. The van der Waals surface area contributed by atoms with Crippen molar-refractivity contribution in [2.75, 3.05) is 32.0 Å². The lowest BCUT2D eigenvalue weighted by molar-refractivity contribution is -0.112. The second kappa shape index (κ2) is 11.2. The molecule has 0 radical (unpaired) electrons. The molecule has 0 bridgehead atoms. The molecule has 2 amide bonds. The zero-order valence-corrected chi connectivity index (χ0v) is 18.9. The van der Waals surface area contributed by atoms with Crippen LogP contribution in [-0.4, -0.2) is 33.1 Å². The molecule has 2 N–H and O–H groups in total. The summed E-state index contributed by atoms with van der Waals surface area (Å²) in [7, 11) is 4.56. The molecule has 0 atom stereocenters. The number of carbonyl (C=O) groups excluding carboxylic acids is 2. The highest BCUT2D eigenvalue weighted by Gasteiger charge is 2.12. The zero-order chi connectivity index (χ0) is 24.5. The van der Waals surface area contributed by atoms with Crippen LogP contribution >= 0.6 is 0 Å². The third-order valence-electron chi connectivity index (χ3n) is 4.81. The van der Waals surface area contributed by atoms with Crippen LogP contribution in [0, 0.1) is 11.3 Å². The van der Waals surface area contributed by atoms with Crippen molar-refractivity contribution in [1.29, 1.82) is 5.26 Å². The summed E-state index contributed by atoms with van der Waals surface area (Å²) in [5.74, 6) is 0.741. The fourth-order valence-electron chi connectivity index (χ4n) is 3.08. The normalized spacial score (nSPS) is 10.6. The Kier molecular flexibility index (Phi) is 7.87. The van der Waals surface area contributed by atoms with Gasteiger partial charge in [-0.05, 0) is 60.2 Å². The molecule has 3 rings (SSSR count). The average Bonchev–Trinajstić information content (AvgIpc) is 2.87. The van der Waals surface area contributed by atoms with Crippen molar-refractivity contribution in [3.05, 3.63) is 83.4 Å². The summed E-state index contributed by atoms with van der Waals surface area (Å²) in [6.07, 6.45) is 1.44. The number of carbonyl (C=O) groups is 2. The van der Waals surface area contributed by atoms with Crippen LogP contribution in [0.4, 0.5) is 11.4 Å². The molecule has 8 heteroatoms. The standard InChI is InChI=1S/C26H23N3O5/c1-32-22-10-7-18(8-11-22)25(30)28-20-6-4-5-17(14-20)13-19(16-27)26(31)29-21-9-12-23(33-2)24(15-21)34-3/h4-15H,1-3H3,(H,28,30)(H,29,31)/b19-13+. The van der Waals surface area contributed by atoms with Crippen molar-refractivity contribution in [2.45, 2.75) is 0 Å². The summed E-state index contributed by atoms with van der Waals surface area (Å²) >= 11 is 0. The Balaban J connectivity index is 1.74. The highest BCUT2D eigenvalue weighted by atomic mass is 16.5. The number of amides is 2. The molecule has 0 unspecified atom stereocenters. The van der Waals surface area contributed by atoms with Gasteiger partial charge in [0, 0.05) is 23.0 Å². The van der Waals surface area contributed by atoms with Gasteiger partial charge in [-0.15, -0.1) is 0 Å². The highest BCUT2D eigenvalue weighted by Crippen LogP contribution is 2.30. The number of ether oxygens (including phenoxy) is 3. The first-order valence-electron chi connectivity index (χ1n) is 10.2. The van der Waals surface area contributed by atoms with E-state index in [0.717, 1.165) is 0 Å². The Morgan fingerprint density at radius 2 is 1.53 bits per heavy atom. The van der Waals surface area contributed by atoms with Crippen molar-refractivity contribution in [3.63, 3.8) is 0 Å². The van der Waals surface area contributed by atoms with Gasteiger partial charge in [0.05, 0.1) is 21.3 Å². The molecule has 0 aliphatic heterocycles. The first-order valence-corrected chi connectivity index (χ1v) is 10.2. The largest absolute Gasteiger partial charge is 0.497 e. The number of nitriles is 1. The van der Waals surface area contributed by atoms with E-state index in [9.17, 15) is 14.9 Å². The Morgan fingerprint density at radius 3 is 2.18 bits per heavy atom. The Labute approximate surface area is 197 Å². The van der Waals surface area contributed by atoms with Gasteiger partial charge in [-0.1, -0.05) is 12.1 Å². The van der Waals surface area contributed by atoms with E-state index in [2.05, 4.69) is 10.6 Å². The van der Waals surface area contributed by atoms with Gasteiger partial charge < -0.3 is 24.8 Å². The number of rotatable bonds is 8. The van der Waals surface area contributed by atoms with E-state index in [1.807, 2.05) is 6.07 Å². The minimum atomic E-state index is -0.581. The molecule has 0 aliphatic rings. The van der Waals surface area contributed by atoms with E-state index in [4.69, 9.17) is 14.2 Å². The van der Waals surface area contributed by atoms with Crippen LogP contribution < -0.4 is 24.8 Å². The predicted molar refractivity (Wildman–Crippen MR) is 129 cm³/mol. The lowest BCUT2D eigenvalue weighted by Crippen LogP contribution is -2.13. The topological polar surface area (TPSA) is 110 Å². The number of nitrogens with zero attached hydrogens (tertiary/aromatic N) is 1. The maximum absolute atomic E-state index is 12.6. The predicted octanol–water partition coefficient (Wildman–Crippen LogP) is 4.51. The van der Waals surface area contributed by atoms with E-state index in [0.29, 0.717) is 39.8 Å². The number of benzene rings is 3. The molecule has 8 nitrogen and oxygen atoms in total. The lowest BCUT2D eigenvalue weighted by atomic mass is 10.1. The number of nitrogens with one attached hydrogen (secondary N) is 2. The van der Waals surface area contributed by atoms with E-state index >= 15 is 0 Å². The minimum absolute atomic E-state index is 0.103. The van der Waals surface area contributed by atoms with E-state index in [1.165, 1.54) is 20.3 Å². The van der Waals surface area contributed by atoms with Crippen molar-refractivity contribution in [2.24, 2.45) is 0 Å². The molecule has 3 aromatic carbocycles. The van der Waals surface area contributed by atoms with Gasteiger partial charge >= 0.3 is 0 Å². The molecule has 0 heterocycles. The minimum Gasteiger partial charge on any atom is -0.497 e. The maximum Gasteiger partial charge on any atom is 0.266 e. The zero-order valence-electron chi connectivity index (χ0n) is 18.9. The molecular formula is C26H23N3O5. The molecule has 172 valence electrons. The number of hydrogen-bond donors (Lipinski definition) is 2. The van der Waals surface area contributed by atoms with Crippen LogP contribution in [0.2, 0.25) is 0 Å². The van der Waals surface area contributed by atoms with Gasteiger partial charge in [-0.2, -0.15) is 5.26 Å². The van der Waals surface area contributed by atoms with Gasteiger partial charge in [0.2, 0.25) is 0 Å². The molecule has 3 aromatic rings. The van der Waals surface area contributed by atoms with Crippen molar-refractivity contribution >= 4 is 29.3 Å².